The molecular formula is C23H23N3O4. The molecule has 2 heterocycles. The van der Waals surface area contributed by atoms with Crippen LogP contribution in [-0.4, -0.2) is 21.2 Å². The highest BCUT2D eigenvalue weighted by Gasteiger charge is 2.44. The number of nitrogens with zero attached hydrogens (tertiary/aromatic N) is 2. The van der Waals surface area contributed by atoms with Gasteiger partial charge < -0.3 is 19.4 Å². The van der Waals surface area contributed by atoms with Gasteiger partial charge in [0.2, 0.25) is 0 Å². The van der Waals surface area contributed by atoms with Crippen molar-refractivity contribution in [2.45, 2.75) is 51.9 Å². The fraction of sp³-hybridized carbons (Fsp3) is 0.348. The van der Waals surface area contributed by atoms with Crippen molar-refractivity contribution in [3.63, 3.8) is 0 Å². The number of rotatable bonds is 3. The SMILES string of the molecule is CCn1c(=O)c(C)nc2cc(C(=O)Nc3ccc4c(c3)OC3(CCCC3)O4)ccc21. The molecule has 7 heteroatoms. The van der Waals surface area contributed by atoms with Crippen molar-refractivity contribution in [1.82, 2.24) is 9.55 Å². The summed E-state index contributed by atoms with van der Waals surface area (Å²) in [5.74, 6) is 0.609. The second-order valence-corrected chi connectivity index (χ2v) is 7.89. The van der Waals surface area contributed by atoms with Gasteiger partial charge in [0, 0.05) is 36.7 Å². The van der Waals surface area contributed by atoms with E-state index in [1.807, 2.05) is 19.1 Å². The lowest BCUT2D eigenvalue weighted by Gasteiger charge is -2.21. The molecule has 1 fully saturated rings. The van der Waals surface area contributed by atoms with Crippen molar-refractivity contribution in [2.24, 2.45) is 0 Å². The summed E-state index contributed by atoms with van der Waals surface area (Å²) < 4.78 is 13.8. The molecule has 0 atom stereocenters. The van der Waals surface area contributed by atoms with Crippen LogP contribution in [0.15, 0.2) is 41.2 Å². The number of aromatic nitrogens is 2. The van der Waals surface area contributed by atoms with Gasteiger partial charge in [-0.15, -0.1) is 0 Å². The Kier molecular flexibility index (Phi) is 4.27. The molecule has 3 aromatic rings. The minimum Gasteiger partial charge on any atom is -0.448 e. The fourth-order valence-electron chi connectivity index (χ4n) is 4.32. The van der Waals surface area contributed by atoms with Gasteiger partial charge in [-0.25, -0.2) is 4.98 Å². The van der Waals surface area contributed by atoms with Crippen LogP contribution in [0.4, 0.5) is 5.69 Å². The average Bonchev–Trinajstić information content (AvgIpc) is 3.34. The van der Waals surface area contributed by atoms with Gasteiger partial charge in [0.25, 0.3) is 17.3 Å². The van der Waals surface area contributed by atoms with E-state index in [1.54, 1.807) is 35.8 Å². The first-order valence-corrected chi connectivity index (χ1v) is 10.3. The molecule has 154 valence electrons. The van der Waals surface area contributed by atoms with Gasteiger partial charge in [0.05, 0.1) is 11.0 Å². The van der Waals surface area contributed by atoms with Crippen molar-refractivity contribution in [3.05, 3.63) is 58.0 Å². The van der Waals surface area contributed by atoms with Gasteiger partial charge >= 0.3 is 0 Å². The summed E-state index contributed by atoms with van der Waals surface area (Å²) in [5.41, 5.74) is 2.76. The van der Waals surface area contributed by atoms with E-state index in [-0.39, 0.29) is 11.5 Å². The number of ether oxygens (including phenoxy) is 2. The van der Waals surface area contributed by atoms with Crippen LogP contribution < -0.4 is 20.3 Å². The third kappa shape index (κ3) is 3.01. The van der Waals surface area contributed by atoms with Crippen LogP contribution in [0.2, 0.25) is 0 Å². The van der Waals surface area contributed by atoms with E-state index in [0.717, 1.165) is 36.9 Å². The van der Waals surface area contributed by atoms with E-state index < -0.39 is 5.79 Å². The van der Waals surface area contributed by atoms with Crippen molar-refractivity contribution in [2.75, 3.05) is 5.32 Å². The normalized spacial score (nSPS) is 16.3. The maximum absolute atomic E-state index is 12.8. The molecular weight excluding hydrogens is 382 g/mol. The highest BCUT2D eigenvalue weighted by atomic mass is 16.7. The molecule has 0 bridgehead atoms. The van der Waals surface area contributed by atoms with Crippen LogP contribution in [0.25, 0.3) is 11.0 Å². The molecule has 1 spiro atoms. The molecule has 2 aliphatic rings. The van der Waals surface area contributed by atoms with Crippen LogP contribution in [-0.2, 0) is 6.54 Å². The largest absolute Gasteiger partial charge is 0.448 e. The first-order valence-electron chi connectivity index (χ1n) is 10.3. The van der Waals surface area contributed by atoms with E-state index >= 15 is 0 Å². The number of benzene rings is 2. The van der Waals surface area contributed by atoms with Crippen LogP contribution in [0.5, 0.6) is 11.5 Å². The Morgan fingerprint density at radius 3 is 2.67 bits per heavy atom. The van der Waals surface area contributed by atoms with E-state index in [1.165, 1.54) is 0 Å². The summed E-state index contributed by atoms with van der Waals surface area (Å²) in [4.78, 5) is 29.5. The molecule has 0 unspecified atom stereocenters. The number of amides is 1. The molecule has 1 amide bonds. The van der Waals surface area contributed by atoms with E-state index in [0.29, 0.717) is 34.8 Å². The number of aryl methyl sites for hydroxylation is 2. The zero-order chi connectivity index (χ0) is 20.9. The van der Waals surface area contributed by atoms with Crippen LogP contribution in [0, 0.1) is 6.92 Å². The molecule has 0 radical (unpaired) electrons. The van der Waals surface area contributed by atoms with Gasteiger partial charge in [0.15, 0.2) is 11.5 Å². The number of hydrogen-bond acceptors (Lipinski definition) is 5. The van der Waals surface area contributed by atoms with Crippen molar-refractivity contribution in [1.29, 1.82) is 0 Å². The maximum Gasteiger partial charge on any atom is 0.272 e. The lowest BCUT2D eigenvalue weighted by atomic mass is 10.1. The Bertz CT molecular complexity index is 1230. The molecule has 30 heavy (non-hydrogen) atoms. The smallest absolute Gasteiger partial charge is 0.272 e. The minimum absolute atomic E-state index is 0.109. The number of anilines is 1. The zero-order valence-corrected chi connectivity index (χ0v) is 17.0. The first kappa shape index (κ1) is 18.7. The molecule has 7 nitrogen and oxygen atoms in total. The van der Waals surface area contributed by atoms with Crippen molar-refractivity contribution < 1.29 is 14.3 Å². The van der Waals surface area contributed by atoms with Crippen LogP contribution in [0.1, 0.15) is 48.7 Å². The van der Waals surface area contributed by atoms with Gasteiger partial charge in [-0.3, -0.25) is 9.59 Å². The standard InChI is InChI=1S/C23H23N3O4/c1-3-26-18-8-6-15(12-17(18)24-14(2)22(26)28)21(27)25-16-7-9-19-20(13-16)30-23(29-19)10-4-5-11-23/h6-9,12-13H,3-5,10-11H2,1-2H3,(H,25,27). The Morgan fingerprint density at radius 1 is 1.13 bits per heavy atom. The average molecular weight is 405 g/mol. The van der Waals surface area contributed by atoms with E-state index in [2.05, 4.69) is 10.3 Å². The molecule has 2 aromatic carbocycles. The van der Waals surface area contributed by atoms with E-state index in [4.69, 9.17) is 9.47 Å². The second-order valence-electron chi connectivity index (χ2n) is 7.89. The second kappa shape index (κ2) is 6.86. The highest BCUT2D eigenvalue weighted by Crippen LogP contribution is 2.47. The lowest BCUT2D eigenvalue weighted by molar-refractivity contribution is -0.0716. The molecule has 1 saturated carbocycles. The quantitative estimate of drug-likeness (QED) is 0.712. The topological polar surface area (TPSA) is 82.5 Å². The highest BCUT2D eigenvalue weighted by molar-refractivity contribution is 6.06. The predicted octanol–water partition coefficient (Wildman–Crippen LogP) is 4.02. The molecule has 1 aliphatic carbocycles. The lowest BCUT2D eigenvalue weighted by Crippen LogP contribution is -2.34. The number of fused-ring (bicyclic) bond motifs is 2. The number of nitrogens with one attached hydrogen (secondary N) is 1. The van der Waals surface area contributed by atoms with Gasteiger partial charge in [-0.05, 0) is 57.0 Å². The molecule has 1 aromatic heterocycles. The predicted molar refractivity (Wildman–Crippen MR) is 113 cm³/mol. The summed E-state index contributed by atoms with van der Waals surface area (Å²) in [5, 5.41) is 2.92. The zero-order valence-electron chi connectivity index (χ0n) is 17.0. The maximum atomic E-state index is 12.8. The summed E-state index contributed by atoms with van der Waals surface area (Å²) in [6.07, 6.45) is 3.96. The number of hydrogen-bond donors (Lipinski definition) is 1. The summed E-state index contributed by atoms with van der Waals surface area (Å²) in [6.45, 7) is 4.14. The molecule has 1 N–H and O–H groups in total. The van der Waals surface area contributed by atoms with Gasteiger partial charge in [0.1, 0.15) is 5.69 Å². The minimum atomic E-state index is -0.526. The fourth-order valence-corrected chi connectivity index (χ4v) is 4.32. The van der Waals surface area contributed by atoms with Gasteiger partial charge in [-0.1, -0.05) is 0 Å². The first-order chi connectivity index (χ1) is 14.5. The van der Waals surface area contributed by atoms with Gasteiger partial charge in [-0.2, -0.15) is 0 Å². The molecule has 0 saturated heterocycles. The summed E-state index contributed by atoms with van der Waals surface area (Å²) in [7, 11) is 0. The molecule has 5 rings (SSSR count). The summed E-state index contributed by atoms with van der Waals surface area (Å²) >= 11 is 0. The van der Waals surface area contributed by atoms with Crippen molar-refractivity contribution >= 4 is 22.6 Å². The number of carbonyl (C=O) groups is 1. The van der Waals surface area contributed by atoms with Crippen molar-refractivity contribution in [3.8, 4) is 11.5 Å². The van der Waals surface area contributed by atoms with Crippen LogP contribution >= 0.6 is 0 Å². The number of carbonyl (C=O) groups excluding carboxylic acids is 1. The Hall–Kier alpha value is -3.35. The Morgan fingerprint density at radius 2 is 1.90 bits per heavy atom. The van der Waals surface area contributed by atoms with E-state index in [9.17, 15) is 9.59 Å². The monoisotopic (exact) mass is 405 g/mol. The molecule has 1 aliphatic heterocycles. The summed E-state index contributed by atoms with van der Waals surface area (Å²) in [6, 6.07) is 10.6. The van der Waals surface area contributed by atoms with Crippen LogP contribution in [0.3, 0.4) is 0 Å². The third-order valence-electron chi connectivity index (χ3n) is 5.85. The Labute approximate surface area is 173 Å². The Balaban J connectivity index is 1.40. The third-order valence-corrected chi connectivity index (χ3v) is 5.85.